The van der Waals surface area contributed by atoms with Crippen molar-refractivity contribution < 1.29 is 4.79 Å². The van der Waals surface area contributed by atoms with E-state index in [0.29, 0.717) is 26.1 Å². The van der Waals surface area contributed by atoms with E-state index >= 15 is 0 Å². The Morgan fingerprint density at radius 2 is 1.70 bits per heavy atom. The van der Waals surface area contributed by atoms with E-state index < -0.39 is 0 Å². The fourth-order valence-electron chi connectivity index (χ4n) is 3.89. The normalized spacial score (nSPS) is 13.7. The summed E-state index contributed by atoms with van der Waals surface area (Å²) in [4.78, 5) is 18.1. The summed E-state index contributed by atoms with van der Waals surface area (Å²) in [5.74, 6) is 1.02. The topological polar surface area (TPSA) is 74.6 Å². The predicted octanol–water partition coefficient (Wildman–Crippen LogP) is 3.54. The minimum absolute atomic E-state index is 0. The zero-order valence-electron chi connectivity index (χ0n) is 18.9. The molecule has 1 fully saturated rings. The van der Waals surface area contributed by atoms with E-state index in [2.05, 4.69) is 69.3 Å². The first-order valence-corrected chi connectivity index (χ1v) is 11.1. The number of aromatic nitrogens is 2. The summed E-state index contributed by atoms with van der Waals surface area (Å²) in [7, 11) is 1.78. The molecule has 0 radical (unpaired) electrons. The number of aliphatic imine (C=N–C) groups is 1. The number of benzene rings is 2. The number of guanidine groups is 1. The van der Waals surface area contributed by atoms with Crippen LogP contribution < -0.4 is 10.6 Å². The molecule has 33 heavy (non-hydrogen) atoms. The lowest BCUT2D eigenvalue weighted by Gasteiger charge is -2.16. The van der Waals surface area contributed by atoms with Crippen molar-refractivity contribution in [3.63, 3.8) is 0 Å². The number of nitrogens with one attached hydrogen (secondary N) is 2. The molecule has 0 saturated carbocycles. The van der Waals surface area contributed by atoms with E-state index in [4.69, 9.17) is 0 Å². The van der Waals surface area contributed by atoms with Gasteiger partial charge in [0, 0.05) is 52.0 Å². The molecule has 0 unspecified atom stereocenters. The number of rotatable bonds is 8. The van der Waals surface area contributed by atoms with E-state index in [0.717, 1.165) is 25.5 Å². The molecule has 174 valence electrons. The highest BCUT2D eigenvalue weighted by atomic mass is 127. The number of nitrogens with zero attached hydrogens (tertiary/aromatic N) is 4. The minimum atomic E-state index is 0. The standard InChI is InChI=1S/C25H30N6O.HI/c1-26-25(28-17-22-6-2-3-7-23(22)19-31-15-5-13-29-31)27-16-20-9-11-21(12-10-20)18-30-14-4-8-24(30)32;/h2-3,5-7,9-13,15H,4,8,14,16-19H2,1H3,(H2,26,27,28);1H. The molecule has 0 bridgehead atoms. The average Bonchev–Trinajstić information content (AvgIpc) is 3.48. The summed E-state index contributed by atoms with van der Waals surface area (Å²) < 4.78 is 1.93. The van der Waals surface area contributed by atoms with E-state index in [1.165, 1.54) is 22.3 Å². The second-order valence-corrected chi connectivity index (χ2v) is 7.99. The molecule has 8 heteroatoms. The number of likely N-dealkylation sites (tertiary alicyclic amines) is 1. The molecule has 0 spiro atoms. The van der Waals surface area contributed by atoms with Crippen LogP contribution in [0.3, 0.4) is 0 Å². The van der Waals surface area contributed by atoms with Gasteiger partial charge in [0.05, 0.1) is 6.54 Å². The summed E-state index contributed by atoms with van der Waals surface area (Å²) in [6.45, 7) is 3.67. The van der Waals surface area contributed by atoms with E-state index in [-0.39, 0.29) is 29.9 Å². The Labute approximate surface area is 212 Å². The van der Waals surface area contributed by atoms with Gasteiger partial charge in [0.25, 0.3) is 0 Å². The first kappa shape index (κ1) is 24.8. The molecule has 1 aromatic heterocycles. The van der Waals surface area contributed by atoms with Crippen molar-refractivity contribution in [2.45, 2.75) is 39.0 Å². The van der Waals surface area contributed by atoms with E-state index in [9.17, 15) is 4.79 Å². The van der Waals surface area contributed by atoms with Crippen molar-refractivity contribution in [1.82, 2.24) is 25.3 Å². The van der Waals surface area contributed by atoms with Gasteiger partial charge in [0.15, 0.2) is 5.96 Å². The summed E-state index contributed by atoms with van der Waals surface area (Å²) >= 11 is 0. The quantitative estimate of drug-likeness (QED) is 0.252. The molecule has 0 aliphatic carbocycles. The van der Waals surface area contributed by atoms with Gasteiger partial charge >= 0.3 is 0 Å². The van der Waals surface area contributed by atoms with Crippen molar-refractivity contribution in [2.75, 3.05) is 13.6 Å². The first-order chi connectivity index (χ1) is 15.7. The van der Waals surface area contributed by atoms with Crippen LogP contribution in [0, 0.1) is 0 Å². The molecule has 0 atom stereocenters. The molecule has 1 aliphatic rings. The van der Waals surface area contributed by atoms with Crippen LogP contribution in [0.5, 0.6) is 0 Å². The maximum atomic E-state index is 11.8. The van der Waals surface area contributed by atoms with Crippen molar-refractivity contribution >= 4 is 35.8 Å². The van der Waals surface area contributed by atoms with Crippen molar-refractivity contribution in [3.05, 3.63) is 89.2 Å². The van der Waals surface area contributed by atoms with Crippen LogP contribution in [0.25, 0.3) is 0 Å². The van der Waals surface area contributed by atoms with Crippen LogP contribution in [0.1, 0.15) is 35.1 Å². The number of hydrogen-bond acceptors (Lipinski definition) is 3. The second kappa shape index (κ2) is 12.4. The van der Waals surface area contributed by atoms with Crippen molar-refractivity contribution in [2.24, 2.45) is 4.99 Å². The van der Waals surface area contributed by atoms with Gasteiger partial charge in [-0.05, 0) is 34.7 Å². The van der Waals surface area contributed by atoms with E-state index in [1.54, 1.807) is 13.2 Å². The van der Waals surface area contributed by atoms with Crippen molar-refractivity contribution in [1.29, 1.82) is 0 Å². The number of carbonyl (C=O) groups is 1. The molecule has 2 aromatic carbocycles. The predicted molar refractivity (Wildman–Crippen MR) is 141 cm³/mol. The molecule has 4 rings (SSSR count). The average molecular weight is 558 g/mol. The zero-order valence-corrected chi connectivity index (χ0v) is 21.2. The third-order valence-corrected chi connectivity index (χ3v) is 5.71. The second-order valence-electron chi connectivity index (χ2n) is 7.99. The van der Waals surface area contributed by atoms with Gasteiger partial charge in [0.2, 0.25) is 5.91 Å². The molecule has 3 aromatic rings. The van der Waals surface area contributed by atoms with Gasteiger partial charge in [-0.15, -0.1) is 24.0 Å². The number of amides is 1. The Bertz CT molecular complexity index is 1050. The number of hydrogen-bond donors (Lipinski definition) is 2. The van der Waals surface area contributed by atoms with Crippen LogP contribution in [0.4, 0.5) is 0 Å². The summed E-state index contributed by atoms with van der Waals surface area (Å²) in [6, 6.07) is 18.7. The van der Waals surface area contributed by atoms with Gasteiger partial charge in [-0.1, -0.05) is 48.5 Å². The molecular formula is C25H31IN6O. The monoisotopic (exact) mass is 558 g/mol. The lowest BCUT2D eigenvalue weighted by Crippen LogP contribution is -2.36. The molecular weight excluding hydrogens is 527 g/mol. The Balaban J connectivity index is 0.00000306. The van der Waals surface area contributed by atoms with Gasteiger partial charge in [-0.2, -0.15) is 5.10 Å². The van der Waals surface area contributed by atoms with Crippen LogP contribution in [0.2, 0.25) is 0 Å². The fraction of sp³-hybridized carbons (Fsp3) is 0.320. The Hall–Kier alpha value is -2.88. The highest BCUT2D eigenvalue weighted by Crippen LogP contribution is 2.15. The Kier molecular flexibility index (Phi) is 9.29. The zero-order chi connectivity index (χ0) is 22.2. The fourth-order valence-corrected chi connectivity index (χ4v) is 3.89. The molecule has 2 heterocycles. The third-order valence-electron chi connectivity index (χ3n) is 5.71. The van der Waals surface area contributed by atoms with Gasteiger partial charge in [0.1, 0.15) is 0 Å². The molecule has 2 N–H and O–H groups in total. The summed E-state index contributed by atoms with van der Waals surface area (Å²) in [5.41, 5.74) is 4.78. The van der Waals surface area contributed by atoms with Crippen LogP contribution in [0.15, 0.2) is 72.0 Å². The Morgan fingerprint density at radius 1 is 0.970 bits per heavy atom. The van der Waals surface area contributed by atoms with Gasteiger partial charge < -0.3 is 15.5 Å². The first-order valence-electron chi connectivity index (χ1n) is 11.1. The SMILES string of the molecule is CN=C(NCc1ccc(CN2CCCC2=O)cc1)NCc1ccccc1Cn1cccn1.I. The number of carbonyl (C=O) groups excluding carboxylic acids is 1. The van der Waals surface area contributed by atoms with Crippen LogP contribution >= 0.6 is 24.0 Å². The summed E-state index contributed by atoms with van der Waals surface area (Å²) in [6.07, 6.45) is 5.42. The molecule has 1 saturated heterocycles. The maximum absolute atomic E-state index is 11.8. The van der Waals surface area contributed by atoms with E-state index in [1.807, 2.05) is 21.8 Å². The van der Waals surface area contributed by atoms with Crippen LogP contribution in [-0.4, -0.2) is 40.1 Å². The van der Waals surface area contributed by atoms with Gasteiger partial charge in [-0.3, -0.25) is 14.5 Å². The third kappa shape index (κ3) is 7.05. The lowest BCUT2D eigenvalue weighted by molar-refractivity contribution is -0.128. The molecule has 1 aliphatic heterocycles. The van der Waals surface area contributed by atoms with Crippen LogP contribution in [-0.2, 0) is 31.0 Å². The Morgan fingerprint density at radius 3 is 2.36 bits per heavy atom. The molecule has 7 nitrogen and oxygen atoms in total. The highest BCUT2D eigenvalue weighted by molar-refractivity contribution is 14.0. The summed E-state index contributed by atoms with van der Waals surface area (Å²) in [5, 5.41) is 11.1. The van der Waals surface area contributed by atoms with Crippen molar-refractivity contribution in [3.8, 4) is 0 Å². The minimum Gasteiger partial charge on any atom is -0.352 e. The largest absolute Gasteiger partial charge is 0.352 e. The smallest absolute Gasteiger partial charge is 0.222 e. The van der Waals surface area contributed by atoms with Gasteiger partial charge in [-0.25, -0.2) is 0 Å². The lowest BCUT2D eigenvalue weighted by atomic mass is 10.1. The highest BCUT2D eigenvalue weighted by Gasteiger charge is 2.19. The maximum Gasteiger partial charge on any atom is 0.222 e. The molecule has 1 amide bonds. The number of halogens is 1.